The quantitative estimate of drug-likeness (QED) is 0.837. The van der Waals surface area contributed by atoms with Crippen molar-refractivity contribution in [2.75, 3.05) is 26.0 Å². The van der Waals surface area contributed by atoms with Crippen molar-refractivity contribution in [1.82, 2.24) is 5.32 Å². The molecule has 1 fully saturated rings. The molecule has 0 unspecified atom stereocenters. The van der Waals surface area contributed by atoms with Gasteiger partial charge < -0.3 is 15.8 Å². The Hall–Kier alpha value is -1.04. The third kappa shape index (κ3) is 4.73. The van der Waals surface area contributed by atoms with Crippen LogP contribution in [0.25, 0.3) is 0 Å². The SMILES string of the molecule is CSC1(CNC(=O)[C@@H](N)Cc2ccccc2)CCOCC1. The zero-order chi connectivity index (χ0) is 15.1. The van der Waals surface area contributed by atoms with E-state index in [9.17, 15) is 4.79 Å². The van der Waals surface area contributed by atoms with E-state index in [1.54, 1.807) is 0 Å². The summed E-state index contributed by atoms with van der Waals surface area (Å²) in [7, 11) is 0. The van der Waals surface area contributed by atoms with E-state index in [-0.39, 0.29) is 10.7 Å². The molecular formula is C16H24N2O2S. The highest BCUT2D eigenvalue weighted by Crippen LogP contribution is 2.32. The van der Waals surface area contributed by atoms with Crippen LogP contribution >= 0.6 is 11.8 Å². The van der Waals surface area contributed by atoms with E-state index in [1.807, 2.05) is 42.1 Å². The summed E-state index contributed by atoms with van der Waals surface area (Å²) >= 11 is 1.82. The lowest BCUT2D eigenvalue weighted by Crippen LogP contribution is -2.49. The molecule has 5 heteroatoms. The molecule has 1 saturated heterocycles. The summed E-state index contributed by atoms with van der Waals surface area (Å²) in [4.78, 5) is 12.2. The number of ether oxygens (including phenoxy) is 1. The minimum atomic E-state index is -0.494. The summed E-state index contributed by atoms with van der Waals surface area (Å²) < 4.78 is 5.51. The average Bonchev–Trinajstić information content (AvgIpc) is 2.54. The highest BCUT2D eigenvalue weighted by molar-refractivity contribution is 8.00. The first kappa shape index (κ1) is 16.3. The fourth-order valence-corrected chi connectivity index (χ4v) is 3.33. The van der Waals surface area contributed by atoms with Gasteiger partial charge in [-0.05, 0) is 31.1 Å². The van der Waals surface area contributed by atoms with Crippen LogP contribution in [0.4, 0.5) is 0 Å². The number of carbonyl (C=O) groups excluding carboxylic acids is 1. The third-order valence-electron chi connectivity index (χ3n) is 4.06. The predicted octanol–water partition coefficient (Wildman–Crippen LogP) is 1.58. The summed E-state index contributed by atoms with van der Waals surface area (Å²) in [6.07, 6.45) is 4.62. The molecule has 3 N–H and O–H groups in total. The molecule has 0 spiro atoms. The van der Waals surface area contributed by atoms with Gasteiger partial charge in [-0.2, -0.15) is 11.8 Å². The van der Waals surface area contributed by atoms with Crippen molar-refractivity contribution in [3.8, 4) is 0 Å². The number of hydrogen-bond acceptors (Lipinski definition) is 4. The molecule has 116 valence electrons. The number of thioether (sulfide) groups is 1. The second kappa shape index (κ2) is 7.82. The standard InChI is InChI=1S/C16H24N2O2S/c1-21-16(7-9-20-10-8-16)12-18-15(19)14(17)11-13-5-3-2-4-6-13/h2-6,14H,7-12,17H2,1H3,(H,18,19)/t14-/m0/s1. The lowest BCUT2D eigenvalue weighted by molar-refractivity contribution is -0.122. The van der Waals surface area contributed by atoms with E-state index in [0.717, 1.165) is 31.6 Å². The summed E-state index contributed by atoms with van der Waals surface area (Å²) in [6, 6.07) is 9.38. The van der Waals surface area contributed by atoms with Gasteiger partial charge in [0.1, 0.15) is 0 Å². The summed E-state index contributed by atoms with van der Waals surface area (Å²) in [5.74, 6) is -0.0706. The normalized spacial score (nSPS) is 19.0. The molecule has 0 radical (unpaired) electrons. The van der Waals surface area contributed by atoms with Crippen LogP contribution in [0.2, 0.25) is 0 Å². The number of hydrogen-bond donors (Lipinski definition) is 2. The van der Waals surface area contributed by atoms with E-state index in [1.165, 1.54) is 0 Å². The Morgan fingerprint density at radius 1 is 1.38 bits per heavy atom. The predicted molar refractivity (Wildman–Crippen MR) is 87.4 cm³/mol. The average molecular weight is 308 g/mol. The van der Waals surface area contributed by atoms with E-state index in [4.69, 9.17) is 10.5 Å². The van der Waals surface area contributed by atoms with E-state index in [0.29, 0.717) is 13.0 Å². The molecule has 0 aromatic heterocycles. The van der Waals surface area contributed by atoms with Crippen LogP contribution in [-0.4, -0.2) is 42.7 Å². The highest BCUT2D eigenvalue weighted by Gasteiger charge is 2.32. The lowest BCUT2D eigenvalue weighted by Gasteiger charge is -2.36. The number of nitrogens with one attached hydrogen (secondary N) is 1. The molecule has 0 aliphatic carbocycles. The maximum atomic E-state index is 12.2. The molecule has 21 heavy (non-hydrogen) atoms. The summed E-state index contributed by atoms with van der Waals surface area (Å²) in [6.45, 7) is 2.21. The van der Waals surface area contributed by atoms with Crippen molar-refractivity contribution < 1.29 is 9.53 Å². The Balaban J connectivity index is 1.83. The number of nitrogens with two attached hydrogens (primary N) is 1. The minimum Gasteiger partial charge on any atom is -0.381 e. The third-order valence-corrected chi connectivity index (χ3v) is 5.48. The molecule has 0 bridgehead atoms. The van der Waals surface area contributed by atoms with Gasteiger partial charge >= 0.3 is 0 Å². The van der Waals surface area contributed by atoms with Crippen LogP contribution in [0.1, 0.15) is 18.4 Å². The van der Waals surface area contributed by atoms with Crippen LogP contribution in [0.3, 0.4) is 0 Å². The van der Waals surface area contributed by atoms with Gasteiger partial charge in [-0.1, -0.05) is 30.3 Å². The highest BCUT2D eigenvalue weighted by atomic mass is 32.2. The fourth-order valence-electron chi connectivity index (χ4n) is 2.54. The Morgan fingerprint density at radius 2 is 2.05 bits per heavy atom. The van der Waals surface area contributed by atoms with Crippen molar-refractivity contribution in [2.24, 2.45) is 5.73 Å². The van der Waals surface area contributed by atoms with Crippen LogP contribution in [0.15, 0.2) is 30.3 Å². The molecule has 1 aromatic carbocycles. The fraction of sp³-hybridized carbons (Fsp3) is 0.562. The topological polar surface area (TPSA) is 64.4 Å². The number of amides is 1. The molecule has 0 saturated carbocycles. The molecule has 1 heterocycles. The van der Waals surface area contributed by atoms with Crippen LogP contribution in [0.5, 0.6) is 0 Å². The summed E-state index contributed by atoms with van der Waals surface area (Å²) in [5, 5.41) is 3.02. The van der Waals surface area contributed by atoms with Gasteiger partial charge in [0, 0.05) is 24.5 Å². The van der Waals surface area contributed by atoms with Gasteiger partial charge in [0.25, 0.3) is 0 Å². The molecule has 1 amide bonds. The lowest BCUT2D eigenvalue weighted by atomic mass is 9.98. The number of rotatable bonds is 6. The first-order valence-electron chi connectivity index (χ1n) is 7.35. The Kier molecular flexibility index (Phi) is 6.08. The van der Waals surface area contributed by atoms with Gasteiger partial charge in [0.15, 0.2) is 0 Å². The Labute approximate surface area is 130 Å². The van der Waals surface area contributed by atoms with Gasteiger partial charge in [0.2, 0.25) is 5.91 Å². The van der Waals surface area contributed by atoms with E-state index >= 15 is 0 Å². The zero-order valence-electron chi connectivity index (χ0n) is 12.5. The van der Waals surface area contributed by atoms with E-state index in [2.05, 4.69) is 11.6 Å². The van der Waals surface area contributed by atoms with E-state index < -0.39 is 6.04 Å². The maximum Gasteiger partial charge on any atom is 0.237 e. The van der Waals surface area contributed by atoms with Gasteiger partial charge in [-0.15, -0.1) is 0 Å². The first-order chi connectivity index (χ1) is 10.2. The van der Waals surface area contributed by atoms with Crippen molar-refractivity contribution in [3.05, 3.63) is 35.9 Å². The largest absolute Gasteiger partial charge is 0.381 e. The molecule has 1 aromatic rings. The van der Waals surface area contributed by atoms with Crippen LogP contribution < -0.4 is 11.1 Å². The molecule has 1 aliphatic rings. The Morgan fingerprint density at radius 3 is 2.67 bits per heavy atom. The smallest absolute Gasteiger partial charge is 0.237 e. The van der Waals surface area contributed by atoms with Gasteiger partial charge in [0.05, 0.1) is 6.04 Å². The molecule has 1 atom stereocenters. The second-order valence-electron chi connectivity index (χ2n) is 5.51. The molecule has 1 aliphatic heterocycles. The number of benzene rings is 1. The van der Waals surface area contributed by atoms with Crippen molar-refractivity contribution in [1.29, 1.82) is 0 Å². The minimum absolute atomic E-state index is 0.0706. The monoisotopic (exact) mass is 308 g/mol. The van der Waals surface area contributed by atoms with Gasteiger partial charge in [-0.3, -0.25) is 4.79 Å². The zero-order valence-corrected chi connectivity index (χ0v) is 13.3. The molecular weight excluding hydrogens is 284 g/mol. The summed E-state index contributed by atoms with van der Waals surface area (Å²) in [5.41, 5.74) is 7.09. The Bertz CT molecular complexity index is 447. The van der Waals surface area contributed by atoms with Crippen molar-refractivity contribution in [2.45, 2.75) is 30.1 Å². The molecule has 2 rings (SSSR count). The maximum absolute atomic E-state index is 12.2. The van der Waals surface area contributed by atoms with Crippen molar-refractivity contribution >= 4 is 17.7 Å². The van der Waals surface area contributed by atoms with Crippen LogP contribution in [0, 0.1) is 0 Å². The number of carbonyl (C=O) groups is 1. The van der Waals surface area contributed by atoms with Crippen molar-refractivity contribution in [3.63, 3.8) is 0 Å². The van der Waals surface area contributed by atoms with Crippen LogP contribution in [-0.2, 0) is 16.0 Å². The first-order valence-corrected chi connectivity index (χ1v) is 8.58. The van der Waals surface area contributed by atoms with Gasteiger partial charge in [-0.25, -0.2) is 0 Å². The molecule has 4 nitrogen and oxygen atoms in total. The second-order valence-corrected chi connectivity index (χ2v) is 6.79.